The molecule has 5 nitrogen and oxygen atoms in total. The van der Waals surface area contributed by atoms with Crippen LogP contribution in [0.3, 0.4) is 0 Å². The third-order valence-electron chi connectivity index (χ3n) is 4.38. The van der Waals surface area contributed by atoms with Crippen LogP contribution in [-0.4, -0.2) is 29.9 Å². The van der Waals surface area contributed by atoms with Gasteiger partial charge in [-0.2, -0.15) is 0 Å². The number of hydrogen-bond donors (Lipinski definition) is 1. The predicted molar refractivity (Wildman–Crippen MR) is 102 cm³/mol. The van der Waals surface area contributed by atoms with Gasteiger partial charge in [-0.25, -0.2) is 4.79 Å². The first-order valence-electron chi connectivity index (χ1n) is 8.50. The van der Waals surface area contributed by atoms with E-state index in [0.717, 1.165) is 9.75 Å². The third-order valence-corrected chi connectivity index (χ3v) is 5.51. The molecule has 6 heteroatoms. The van der Waals surface area contributed by atoms with Gasteiger partial charge >= 0.3 is 5.97 Å². The molecule has 2 N–H and O–H groups in total. The van der Waals surface area contributed by atoms with Crippen LogP contribution in [0.1, 0.15) is 20.9 Å². The van der Waals surface area contributed by atoms with Crippen LogP contribution in [0.5, 0.6) is 0 Å². The average Bonchev–Trinajstić information content (AvgIpc) is 3.27. The molecule has 0 aliphatic carbocycles. The Labute approximate surface area is 157 Å². The number of methoxy groups -OCH3 is 1. The number of esters is 1. The fourth-order valence-electron chi connectivity index (χ4n) is 3.01. The van der Waals surface area contributed by atoms with Gasteiger partial charge in [0.15, 0.2) is 0 Å². The van der Waals surface area contributed by atoms with E-state index in [0.29, 0.717) is 25.9 Å². The molecule has 26 heavy (non-hydrogen) atoms. The number of carbonyl (C=O) groups is 2. The SMILES string of the molecule is COC(=O)C=CCc1ccc(CC(N)C(=O)N2Cc3ccccc3C2)s1. The van der Waals surface area contributed by atoms with Crippen molar-refractivity contribution in [3.8, 4) is 0 Å². The second-order valence-electron chi connectivity index (χ2n) is 6.27. The van der Waals surface area contributed by atoms with E-state index in [1.165, 1.54) is 24.3 Å². The molecule has 136 valence electrons. The molecule has 1 aliphatic heterocycles. The lowest BCUT2D eigenvalue weighted by Crippen LogP contribution is -2.42. The highest BCUT2D eigenvalue weighted by Crippen LogP contribution is 2.24. The molecule has 2 heterocycles. The molecular formula is C20H22N2O3S. The molecule has 1 aromatic heterocycles. The summed E-state index contributed by atoms with van der Waals surface area (Å²) < 4.78 is 4.56. The van der Waals surface area contributed by atoms with Gasteiger partial charge in [-0.1, -0.05) is 30.3 Å². The monoisotopic (exact) mass is 370 g/mol. The highest BCUT2D eigenvalue weighted by Gasteiger charge is 2.27. The summed E-state index contributed by atoms with van der Waals surface area (Å²) in [6, 6.07) is 11.6. The number of rotatable bonds is 6. The lowest BCUT2D eigenvalue weighted by Gasteiger charge is -2.20. The molecule has 1 amide bonds. The topological polar surface area (TPSA) is 72.6 Å². The smallest absolute Gasteiger partial charge is 0.330 e. The normalized spacial score (nSPS) is 14.5. The zero-order valence-electron chi connectivity index (χ0n) is 14.7. The Kier molecular flexibility index (Phi) is 5.85. The summed E-state index contributed by atoms with van der Waals surface area (Å²) in [5.74, 6) is -0.372. The van der Waals surface area contributed by atoms with Gasteiger partial charge in [0.2, 0.25) is 5.91 Å². The van der Waals surface area contributed by atoms with Crippen LogP contribution in [0.15, 0.2) is 48.6 Å². The lowest BCUT2D eigenvalue weighted by molar-refractivity contribution is -0.135. The van der Waals surface area contributed by atoms with Gasteiger partial charge in [-0.05, 0) is 23.3 Å². The number of nitrogens with two attached hydrogens (primary N) is 1. The Morgan fingerprint density at radius 3 is 2.50 bits per heavy atom. The average molecular weight is 370 g/mol. The van der Waals surface area contributed by atoms with Gasteiger partial charge in [0.05, 0.1) is 13.2 Å². The van der Waals surface area contributed by atoms with Gasteiger partial charge in [0, 0.05) is 41.8 Å². The molecule has 3 rings (SSSR count). The zero-order chi connectivity index (χ0) is 18.5. The Morgan fingerprint density at radius 2 is 1.85 bits per heavy atom. The minimum Gasteiger partial charge on any atom is -0.466 e. The van der Waals surface area contributed by atoms with E-state index >= 15 is 0 Å². The number of carbonyl (C=O) groups excluding carboxylic acids is 2. The van der Waals surface area contributed by atoms with Gasteiger partial charge in [0.1, 0.15) is 0 Å². The molecule has 0 saturated carbocycles. The van der Waals surface area contributed by atoms with E-state index in [1.54, 1.807) is 17.4 Å². The van der Waals surface area contributed by atoms with Crippen LogP contribution < -0.4 is 5.73 Å². The lowest BCUT2D eigenvalue weighted by atomic mass is 10.1. The Morgan fingerprint density at radius 1 is 1.19 bits per heavy atom. The van der Waals surface area contributed by atoms with E-state index in [2.05, 4.69) is 16.9 Å². The molecule has 0 spiro atoms. The second-order valence-corrected chi connectivity index (χ2v) is 7.52. The summed E-state index contributed by atoms with van der Waals surface area (Å²) in [6.07, 6.45) is 4.37. The fraction of sp³-hybridized carbons (Fsp3) is 0.300. The largest absolute Gasteiger partial charge is 0.466 e. The zero-order valence-corrected chi connectivity index (χ0v) is 15.5. The van der Waals surface area contributed by atoms with E-state index in [-0.39, 0.29) is 11.9 Å². The molecule has 2 aromatic rings. The summed E-state index contributed by atoms with van der Waals surface area (Å²) in [6.45, 7) is 1.27. The standard InChI is InChI=1S/C20H22N2O3S/c1-25-19(23)8-4-7-16-9-10-17(26-16)11-18(21)20(24)22-12-14-5-2-3-6-15(14)13-22/h2-6,8-10,18H,7,11-13,21H2,1H3. The van der Waals surface area contributed by atoms with E-state index < -0.39 is 6.04 Å². The first-order valence-corrected chi connectivity index (χ1v) is 9.31. The van der Waals surface area contributed by atoms with Crippen LogP contribution in [0.25, 0.3) is 0 Å². The molecular weight excluding hydrogens is 348 g/mol. The van der Waals surface area contributed by atoms with Crippen LogP contribution in [0, 0.1) is 0 Å². The Hall–Kier alpha value is -2.44. The van der Waals surface area contributed by atoms with E-state index in [9.17, 15) is 9.59 Å². The number of allylic oxidation sites excluding steroid dienone is 1. The van der Waals surface area contributed by atoms with Crippen molar-refractivity contribution in [1.29, 1.82) is 0 Å². The molecule has 0 saturated heterocycles. The number of amides is 1. The van der Waals surface area contributed by atoms with Crippen molar-refractivity contribution in [2.75, 3.05) is 7.11 Å². The van der Waals surface area contributed by atoms with Gasteiger partial charge in [-0.3, -0.25) is 4.79 Å². The predicted octanol–water partition coefficient (Wildman–Crippen LogP) is 2.43. The minimum absolute atomic E-state index is 0.0123. The first kappa shape index (κ1) is 18.4. The van der Waals surface area contributed by atoms with Crippen molar-refractivity contribution in [3.63, 3.8) is 0 Å². The number of ether oxygens (including phenoxy) is 1. The highest BCUT2D eigenvalue weighted by atomic mass is 32.1. The quantitative estimate of drug-likeness (QED) is 0.626. The molecule has 1 unspecified atom stereocenters. The summed E-state index contributed by atoms with van der Waals surface area (Å²) in [5, 5.41) is 0. The van der Waals surface area contributed by atoms with E-state index in [4.69, 9.17) is 5.73 Å². The molecule has 1 atom stereocenters. The Balaban J connectivity index is 1.54. The maximum Gasteiger partial charge on any atom is 0.330 e. The number of nitrogens with zero attached hydrogens (tertiary/aromatic N) is 1. The fourth-order valence-corrected chi connectivity index (χ4v) is 4.06. The van der Waals surface area contributed by atoms with Crippen molar-refractivity contribution in [3.05, 3.63) is 69.4 Å². The first-order chi connectivity index (χ1) is 12.6. The number of thiophene rings is 1. The van der Waals surface area contributed by atoms with Crippen molar-refractivity contribution in [1.82, 2.24) is 4.90 Å². The highest BCUT2D eigenvalue weighted by molar-refractivity contribution is 7.12. The molecule has 0 fully saturated rings. The molecule has 1 aromatic carbocycles. The van der Waals surface area contributed by atoms with Gasteiger partial charge < -0.3 is 15.4 Å². The number of hydrogen-bond acceptors (Lipinski definition) is 5. The maximum absolute atomic E-state index is 12.6. The van der Waals surface area contributed by atoms with Gasteiger partial charge in [-0.15, -0.1) is 11.3 Å². The van der Waals surface area contributed by atoms with Crippen LogP contribution in [0.2, 0.25) is 0 Å². The summed E-state index contributed by atoms with van der Waals surface area (Å²) in [5.41, 5.74) is 8.57. The van der Waals surface area contributed by atoms with Crippen LogP contribution >= 0.6 is 11.3 Å². The van der Waals surface area contributed by atoms with Crippen LogP contribution in [0.4, 0.5) is 0 Å². The van der Waals surface area contributed by atoms with Crippen molar-refractivity contribution < 1.29 is 14.3 Å². The molecule has 0 radical (unpaired) electrons. The second kappa shape index (κ2) is 8.29. The van der Waals surface area contributed by atoms with Crippen molar-refractivity contribution in [2.24, 2.45) is 5.73 Å². The summed E-state index contributed by atoms with van der Waals surface area (Å²) in [7, 11) is 1.35. The van der Waals surface area contributed by atoms with E-state index in [1.807, 2.05) is 29.2 Å². The summed E-state index contributed by atoms with van der Waals surface area (Å²) >= 11 is 1.61. The molecule has 0 bridgehead atoms. The number of fused-ring (bicyclic) bond motifs is 1. The number of benzene rings is 1. The molecule has 1 aliphatic rings. The van der Waals surface area contributed by atoms with Crippen molar-refractivity contribution in [2.45, 2.75) is 32.0 Å². The third kappa shape index (κ3) is 4.39. The maximum atomic E-state index is 12.6. The minimum atomic E-state index is -0.540. The Bertz CT molecular complexity index is 803. The van der Waals surface area contributed by atoms with Crippen LogP contribution in [-0.2, 0) is 40.3 Å². The summed E-state index contributed by atoms with van der Waals surface area (Å²) in [4.78, 5) is 27.7. The van der Waals surface area contributed by atoms with Crippen molar-refractivity contribution >= 4 is 23.2 Å². The van der Waals surface area contributed by atoms with Gasteiger partial charge in [0.25, 0.3) is 0 Å².